The van der Waals surface area contributed by atoms with Gasteiger partial charge in [-0.25, -0.2) is 19.3 Å². The number of ether oxygens (including phenoxy) is 2. The molecule has 1 aliphatic heterocycles. The lowest BCUT2D eigenvalue weighted by atomic mass is 10.0. The number of esters is 1. The van der Waals surface area contributed by atoms with E-state index in [1.54, 1.807) is 36.9 Å². The van der Waals surface area contributed by atoms with Gasteiger partial charge in [-0.3, -0.25) is 0 Å². The third-order valence-electron chi connectivity index (χ3n) is 3.99. The summed E-state index contributed by atoms with van der Waals surface area (Å²) in [6.45, 7) is 7.44. The molecule has 11 heteroatoms. The van der Waals surface area contributed by atoms with Crippen molar-refractivity contribution in [2.75, 3.05) is 6.54 Å². The van der Waals surface area contributed by atoms with Crippen molar-refractivity contribution < 1.29 is 22.7 Å². The van der Waals surface area contributed by atoms with Crippen LogP contribution in [0.3, 0.4) is 0 Å². The number of nitrogens with two attached hydrogens (primary N) is 1. The average molecular weight is 407 g/mol. The minimum Gasteiger partial charge on any atom is -0.451 e. The van der Waals surface area contributed by atoms with Crippen LogP contribution in [0.25, 0.3) is 6.08 Å². The number of carbonyl (C=O) groups excluding carboxylic acids is 1. The van der Waals surface area contributed by atoms with Crippen molar-refractivity contribution in [2.45, 2.75) is 32.6 Å². The molecule has 0 amide bonds. The predicted molar refractivity (Wildman–Crippen MR) is 101 cm³/mol. The van der Waals surface area contributed by atoms with Gasteiger partial charge in [-0.15, -0.1) is 5.10 Å². The molecule has 3 rings (SSSR count). The van der Waals surface area contributed by atoms with Gasteiger partial charge < -0.3 is 9.47 Å². The van der Waals surface area contributed by atoms with E-state index in [0.717, 1.165) is 0 Å². The van der Waals surface area contributed by atoms with Gasteiger partial charge in [0.1, 0.15) is 11.3 Å². The predicted octanol–water partition coefficient (Wildman–Crippen LogP) is 0.590. The number of carbonyl (C=O) groups is 1. The van der Waals surface area contributed by atoms with Crippen LogP contribution in [0.1, 0.15) is 41.0 Å². The average Bonchev–Trinajstić information content (AvgIpc) is 2.99. The summed E-state index contributed by atoms with van der Waals surface area (Å²) in [4.78, 5) is 12.6. The molecule has 150 valence electrons. The van der Waals surface area contributed by atoms with Crippen molar-refractivity contribution in [3.8, 4) is 5.75 Å². The van der Waals surface area contributed by atoms with Gasteiger partial charge in [0.2, 0.25) is 5.79 Å². The zero-order chi connectivity index (χ0) is 20.5. The van der Waals surface area contributed by atoms with E-state index in [2.05, 4.69) is 21.6 Å². The second-order valence-corrected chi connectivity index (χ2v) is 8.09. The molecule has 0 saturated heterocycles. The maximum Gasteiger partial charge on any atom is 0.345 e. The van der Waals surface area contributed by atoms with Gasteiger partial charge in [-0.1, -0.05) is 30.0 Å². The van der Waals surface area contributed by atoms with E-state index < -0.39 is 22.0 Å². The Hall–Kier alpha value is -2.76. The molecule has 1 aromatic heterocycles. The summed E-state index contributed by atoms with van der Waals surface area (Å²) >= 11 is 0. The van der Waals surface area contributed by atoms with E-state index in [-0.39, 0.29) is 13.1 Å². The van der Waals surface area contributed by atoms with Crippen molar-refractivity contribution in [2.24, 2.45) is 5.14 Å². The highest BCUT2D eigenvalue weighted by Crippen LogP contribution is 2.37. The summed E-state index contributed by atoms with van der Waals surface area (Å²) in [6, 6.07) is 3.59. The Morgan fingerprint density at radius 1 is 1.36 bits per heavy atom. The fraction of sp³-hybridized carbons (Fsp3) is 0.353. The summed E-state index contributed by atoms with van der Waals surface area (Å²) in [7, 11) is -3.75. The van der Waals surface area contributed by atoms with Gasteiger partial charge in [0.15, 0.2) is 0 Å². The number of rotatable bonds is 7. The molecule has 10 nitrogen and oxygen atoms in total. The van der Waals surface area contributed by atoms with E-state index in [1.807, 2.05) is 6.07 Å². The Morgan fingerprint density at radius 2 is 2.11 bits per heavy atom. The van der Waals surface area contributed by atoms with Crippen LogP contribution in [-0.4, -0.2) is 41.7 Å². The second-order valence-electron chi connectivity index (χ2n) is 6.71. The first kappa shape index (κ1) is 20.0. The molecular formula is C17H21N5O5S. The van der Waals surface area contributed by atoms with Crippen LogP contribution in [0.5, 0.6) is 5.75 Å². The minimum atomic E-state index is -3.75. The third kappa shape index (κ3) is 4.55. The normalized spacial score (nSPS) is 15.5. The lowest BCUT2D eigenvalue weighted by molar-refractivity contribution is -0.127. The summed E-state index contributed by atoms with van der Waals surface area (Å²) in [5, 5.41) is 12.9. The molecule has 0 unspecified atom stereocenters. The van der Waals surface area contributed by atoms with Gasteiger partial charge >= 0.3 is 5.97 Å². The van der Waals surface area contributed by atoms with Crippen molar-refractivity contribution in [1.29, 1.82) is 0 Å². The van der Waals surface area contributed by atoms with E-state index >= 15 is 0 Å². The standard InChI is InChI=1S/C17H21N5O5S/c1-4-11-5-6-12(14-15(11)26-17(2,3)27-16(14)23)9-22-10-13(20-21-22)7-8-19-28(18,24)25/h4-6,10,19H,1,7-9H2,2-3H3,(H2,18,24,25). The quantitative estimate of drug-likeness (QED) is 0.641. The number of fused-ring (bicyclic) bond motifs is 1. The van der Waals surface area contributed by atoms with Gasteiger partial charge in [-0.05, 0) is 5.56 Å². The minimum absolute atomic E-state index is 0.107. The van der Waals surface area contributed by atoms with Crippen LogP contribution in [0.4, 0.5) is 0 Å². The zero-order valence-electron chi connectivity index (χ0n) is 15.5. The Kier molecular flexibility index (Phi) is 5.24. The van der Waals surface area contributed by atoms with Crippen LogP contribution in [-0.2, 0) is 27.9 Å². The van der Waals surface area contributed by atoms with Crippen molar-refractivity contribution in [3.05, 3.63) is 47.3 Å². The molecule has 3 N–H and O–H groups in total. The van der Waals surface area contributed by atoms with E-state index in [0.29, 0.717) is 34.6 Å². The number of aromatic nitrogens is 3. The molecule has 0 saturated carbocycles. The van der Waals surface area contributed by atoms with Gasteiger partial charge in [0.05, 0.1) is 12.2 Å². The molecule has 0 radical (unpaired) electrons. The number of hydrogen-bond acceptors (Lipinski definition) is 7. The zero-order valence-corrected chi connectivity index (χ0v) is 16.3. The van der Waals surface area contributed by atoms with Crippen LogP contribution < -0.4 is 14.6 Å². The second kappa shape index (κ2) is 7.34. The van der Waals surface area contributed by atoms with E-state index in [4.69, 9.17) is 14.6 Å². The summed E-state index contributed by atoms with van der Waals surface area (Å²) < 4.78 is 36.7. The van der Waals surface area contributed by atoms with Crippen LogP contribution in [0.15, 0.2) is 24.9 Å². The van der Waals surface area contributed by atoms with Crippen LogP contribution in [0, 0.1) is 0 Å². The first-order valence-electron chi connectivity index (χ1n) is 8.45. The first-order chi connectivity index (χ1) is 13.1. The Labute approximate surface area is 162 Å². The maximum absolute atomic E-state index is 12.6. The summed E-state index contributed by atoms with van der Waals surface area (Å²) in [6.07, 6.45) is 3.60. The monoisotopic (exact) mass is 407 g/mol. The van der Waals surface area contributed by atoms with Crippen LogP contribution in [0.2, 0.25) is 0 Å². The number of nitrogens with zero attached hydrogens (tertiary/aromatic N) is 3. The Morgan fingerprint density at radius 3 is 2.79 bits per heavy atom. The molecule has 2 aromatic rings. The molecule has 1 aliphatic rings. The number of hydrogen-bond donors (Lipinski definition) is 2. The molecule has 28 heavy (non-hydrogen) atoms. The fourth-order valence-corrected chi connectivity index (χ4v) is 3.22. The molecule has 1 aromatic carbocycles. The van der Waals surface area contributed by atoms with E-state index in [9.17, 15) is 13.2 Å². The third-order valence-corrected chi connectivity index (χ3v) is 4.59. The van der Waals surface area contributed by atoms with Crippen molar-refractivity contribution in [1.82, 2.24) is 19.7 Å². The molecule has 0 fully saturated rings. The van der Waals surface area contributed by atoms with Gasteiger partial charge in [-0.2, -0.15) is 8.42 Å². The molecule has 0 aliphatic carbocycles. The lowest BCUT2D eigenvalue weighted by Gasteiger charge is -2.33. The molecular weight excluding hydrogens is 386 g/mol. The highest BCUT2D eigenvalue weighted by atomic mass is 32.2. The highest BCUT2D eigenvalue weighted by molar-refractivity contribution is 7.87. The van der Waals surface area contributed by atoms with Crippen LogP contribution >= 0.6 is 0 Å². The largest absolute Gasteiger partial charge is 0.451 e. The molecule has 2 heterocycles. The maximum atomic E-state index is 12.6. The van der Waals surface area contributed by atoms with Gasteiger partial charge in [0, 0.05) is 38.6 Å². The highest BCUT2D eigenvalue weighted by Gasteiger charge is 2.36. The number of nitrogens with one attached hydrogen (secondary N) is 1. The van der Waals surface area contributed by atoms with Crippen molar-refractivity contribution >= 4 is 22.3 Å². The Bertz CT molecular complexity index is 1030. The summed E-state index contributed by atoms with van der Waals surface area (Å²) in [5.74, 6) is -1.13. The lowest BCUT2D eigenvalue weighted by Crippen LogP contribution is -2.39. The molecule has 0 atom stereocenters. The van der Waals surface area contributed by atoms with E-state index in [1.165, 1.54) is 0 Å². The number of cyclic esters (lactones) is 1. The molecule has 0 spiro atoms. The smallest absolute Gasteiger partial charge is 0.345 e. The Balaban J connectivity index is 1.82. The van der Waals surface area contributed by atoms with Gasteiger partial charge in [0.25, 0.3) is 10.2 Å². The van der Waals surface area contributed by atoms with Crippen molar-refractivity contribution in [3.63, 3.8) is 0 Å². The first-order valence-corrected chi connectivity index (χ1v) is 10.00. The summed E-state index contributed by atoms with van der Waals surface area (Å²) in [5.41, 5.74) is 2.24. The number of benzene rings is 1. The topological polar surface area (TPSA) is 138 Å². The fourth-order valence-electron chi connectivity index (χ4n) is 2.83. The SMILES string of the molecule is C=Cc1ccc(Cn2cc(CCNS(N)(=O)=O)nn2)c2c1OC(C)(C)OC2=O. The molecule has 0 bridgehead atoms.